The van der Waals surface area contributed by atoms with Gasteiger partial charge >= 0.3 is 6.03 Å². The lowest BCUT2D eigenvalue weighted by Crippen LogP contribution is -3.00. The zero-order valence-corrected chi connectivity index (χ0v) is 5.61. The van der Waals surface area contributed by atoms with Crippen LogP contribution in [0, 0.1) is 0 Å². The summed E-state index contributed by atoms with van der Waals surface area (Å²) in [5, 5.41) is 0. The molecule has 8 heavy (non-hydrogen) atoms. The summed E-state index contributed by atoms with van der Waals surface area (Å²) in [6, 6.07) is 0.0573. The van der Waals surface area contributed by atoms with Crippen LogP contribution < -0.4 is 23.9 Å². The lowest BCUT2D eigenvalue weighted by Gasteiger charge is -1.72. The van der Waals surface area contributed by atoms with Crippen molar-refractivity contribution in [3.05, 3.63) is 0 Å². The van der Waals surface area contributed by atoms with Gasteiger partial charge < -0.3 is 23.9 Å². The zero-order valence-electron chi connectivity index (χ0n) is 4.86. The Bertz CT molecular complexity index is 70.4. The molecule has 50 valence electrons. The fourth-order valence-electron chi connectivity index (χ4n) is 0.220. The largest absolute Gasteiger partial charge is 1.00 e. The molecule has 0 aliphatic carbocycles. The van der Waals surface area contributed by atoms with Gasteiger partial charge in [0.2, 0.25) is 0 Å². The topological polar surface area (TPSA) is 63.3 Å². The Morgan fingerprint density at radius 1 is 1.50 bits per heavy atom. The standard InChI is InChI=1S/C4H11N2O.ClH/c1-2-3-7-4(5)6;/h2-3,5-6H2,1H3;1H/q+1;/p-1. The van der Waals surface area contributed by atoms with Crippen LogP contribution in [0.15, 0.2) is 0 Å². The molecule has 0 aliphatic rings. The molecule has 0 bridgehead atoms. The molecular weight excluding hydrogens is 128 g/mol. The first-order valence-electron chi connectivity index (χ1n) is 2.28. The monoisotopic (exact) mass is 138 g/mol. The molecule has 0 saturated heterocycles. The highest BCUT2D eigenvalue weighted by atomic mass is 35.5. The molecule has 0 aromatic carbocycles. The molecule has 0 heterocycles. The van der Waals surface area contributed by atoms with Gasteiger partial charge in [-0.2, -0.15) is 0 Å². The Balaban J connectivity index is 0. The number of urea groups is 1. The summed E-state index contributed by atoms with van der Waals surface area (Å²) < 4.78 is 4.66. The smallest absolute Gasteiger partial charge is 0.494 e. The second-order valence-electron chi connectivity index (χ2n) is 1.25. The fraction of sp³-hybridized carbons (Fsp3) is 0.750. The third-order valence-electron chi connectivity index (χ3n) is 0.473. The third kappa shape index (κ3) is 9.12. The van der Waals surface area contributed by atoms with Crippen molar-refractivity contribution in [3.8, 4) is 0 Å². The first-order chi connectivity index (χ1) is 3.27. The molecule has 0 unspecified atom stereocenters. The number of rotatable bonds is 2. The van der Waals surface area contributed by atoms with Crippen LogP contribution >= 0.6 is 0 Å². The highest BCUT2D eigenvalue weighted by Crippen LogP contribution is 1.80. The molecule has 0 spiro atoms. The van der Waals surface area contributed by atoms with Gasteiger partial charge in [0, 0.05) is 6.42 Å². The first-order valence-corrected chi connectivity index (χ1v) is 2.28. The van der Waals surface area contributed by atoms with E-state index in [9.17, 15) is 0 Å². The molecule has 4 N–H and O–H groups in total. The normalized spacial score (nSPS) is 7.12. The van der Waals surface area contributed by atoms with Crippen molar-refractivity contribution < 1.29 is 16.8 Å². The SMILES string of the molecule is CCC[O+]=C(N)N.[Cl-]. The van der Waals surface area contributed by atoms with Crippen LogP contribution in [0.2, 0.25) is 0 Å². The lowest BCUT2D eigenvalue weighted by molar-refractivity contribution is -0.135. The van der Waals surface area contributed by atoms with Crippen LogP contribution in [0.5, 0.6) is 0 Å². The van der Waals surface area contributed by atoms with E-state index in [1.165, 1.54) is 0 Å². The van der Waals surface area contributed by atoms with E-state index in [4.69, 9.17) is 11.5 Å². The predicted octanol–water partition coefficient (Wildman–Crippen LogP) is -3.03. The van der Waals surface area contributed by atoms with Crippen molar-refractivity contribution in [2.45, 2.75) is 13.3 Å². The van der Waals surface area contributed by atoms with Gasteiger partial charge in [0.05, 0.1) is 0 Å². The molecule has 0 rings (SSSR count). The molecule has 3 nitrogen and oxygen atoms in total. The second-order valence-corrected chi connectivity index (χ2v) is 1.25. The van der Waals surface area contributed by atoms with Gasteiger partial charge in [-0.15, -0.1) is 0 Å². The van der Waals surface area contributed by atoms with Crippen molar-refractivity contribution in [3.63, 3.8) is 0 Å². The first kappa shape index (κ1) is 10.5. The van der Waals surface area contributed by atoms with Crippen LogP contribution in [0.4, 0.5) is 4.42 Å². The van der Waals surface area contributed by atoms with Crippen molar-refractivity contribution >= 4 is 6.03 Å². The van der Waals surface area contributed by atoms with Crippen LogP contribution in [-0.4, -0.2) is 12.6 Å². The summed E-state index contributed by atoms with van der Waals surface area (Å²) >= 11 is 0. The number of amides is 2. The number of nitrogens with two attached hydrogens (primary N) is 2. The van der Waals surface area contributed by atoms with Crippen LogP contribution in [0.1, 0.15) is 13.3 Å². The maximum atomic E-state index is 4.95. The Labute approximate surface area is 55.1 Å². The molecular formula is C4H11ClN2O. The predicted molar refractivity (Wildman–Crippen MR) is 28.9 cm³/mol. The minimum Gasteiger partial charge on any atom is -1.00 e. The average molecular weight is 139 g/mol. The molecule has 0 atom stereocenters. The van der Waals surface area contributed by atoms with Crippen molar-refractivity contribution in [2.75, 3.05) is 6.61 Å². The van der Waals surface area contributed by atoms with E-state index in [0.717, 1.165) is 6.42 Å². The quantitative estimate of drug-likeness (QED) is 0.382. The number of hydrogen-bond donors (Lipinski definition) is 2. The zero-order chi connectivity index (χ0) is 5.70. The second kappa shape index (κ2) is 6.56. The van der Waals surface area contributed by atoms with Gasteiger partial charge in [0.25, 0.3) is 6.61 Å². The Morgan fingerprint density at radius 3 is 2.12 bits per heavy atom. The molecule has 0 saturated carbocycles. The molecule has 0 fully saturated rings. The molecule has 0 aromatic heterocycles. The lowest BCUT2D eigenvalue weighted by atomic mass is 10.5. The van der Waals surface area contributed by atoms with E-state index >= 15 is 0 Å². The summed E-state index contributed by atoms with van der Waals surface area (Å²) in [6.07, 6.45) is 0.942. The maximum absolute atomic E-state index is 4.95. The van der Waals surface area contributed by atoms with Gasteiger partial charge in [0.1, 0.15) is 0 Å². The van der Waals surface area contributed by atoms with Gasteiger partial charge in [0.15, 0.2) is 0 Å². The summed E-state index contributed by atoms with van der Waals surface area (Å²) in [5.41, 5.74) is 9.90. The minimum atomic E-state index is 0. The molecule has 0 radical (unpaired) electrons. The highest BCUT2D eigenvalue weighted by Gasteiger charge is 1.90. The minimum absolute atomic E-state index is 0. The molecule has 0 aliphatic heterocycles. The molecule has 0 aromatic rings. The maximum Gasteiger partial charge on any atom is 0.494 e. The summed E-state index contributed by atoms with van der Waals surface area (Å²) in [5.74, 6) is 0. The van der Waals surface area contributed by atoms with E-state index < -0.39 is 0 Å². The Morgan fingerprint density at radius 2 is 2.00 bits per heavy atom. The third-order valence-corrected chi connectivity index (χ3v) is 0.473. The van der Waals surface area contributed by atoms with Crippen molar-refractivity contribution in [2.24, 2.45) is 11.5 Å². The average Bonchev–Trinajstić information content (AvgIpc) is 1.61. The van der Waals surface area contributed by atoms with E-state index in [1.54, 1.807) is 0 Å². The Kier molecular flexibility index (Phi) is 8.63. The number of halogens is 1. The number of carbonyl (C=O) groups excluding carboxylic acids is 1. The van der Waals surface area contributed by atoms with Gasteiger partial charge in [-0.05, 0) is 0 Å². The van der Waals surface area contributed by atoms with Gasteiger partial charge in [-0.3, -0.25) is 0 Å². The van der Waals surface area contributed by atoms with Gasteiger partial charge in [-0.1, -0.05) is 6.92 Å². The summed E-state index contributed by atoms with van der Waals surface area (Å²) in [6.45, 7) is 2.60. The van der Waals surface area contributed by atoms with E-state index in [-0.39, 0.29) is 18.4 Å². The Hall–Kier alpha value is -0.440. The molecule has 2 amide bonds. The van der Waals surface area contributed by atoms with E-state index in [0.29, 0.717) is 6.61 Å². The van der Waals surface area contributed by atoms with Crippen LogP contribution in [0.3, 0.4) is 0 Å². The molecule has 4 heteroatoms. The van der Waals surface area contributed by atoms with Crippen molar-refractivity contribution in [1.82, 2.24) is 0 Å². The number of hydrogen-bond acceptors (Lipinski definition) is 0. The van der Waals surface area contributed by atoms with Crippen LogP contribution in [0.25, 0.3) is 0 Å². The van der Waals surface area contributed by atoms with Crippen LogP contribution in [-0.2, 0) is 0 Å². The highest BCUT2D eigenvalue weighted by molar-refractivity contribution is 5.69. The fourth-order valence-corrected chi connectivity index (χ4v) is 0.220. The summed E-state index contributed by atoms with van der Waals surface area (Å²) in [4.78, 5) is 0. The number of primary amides is 2. The van der Waals surface area contributed by atoms with E-state index in [1.807, 2.05) is 6.92 Å². The van der Waals surface area contributed by atoms with Gasteiger partial charge in [-0.25, -0.2) is 4.42 Å². The van der Waals surface area contributed by atoms with E-state index in [2.05, 4.69) is 4.42 Å². The summed E-state index contributed by atoms with van der Waals surface area (Å²) in [7, 11) is 0. The van der Waals surface area contributed by atoms with Crippen molar-refractivity contribution in [1.29, 1.82) is 0 Å².